The van der Waals surface area contributed by atoms with E-state index in [1.807, 2.05) is 11.8 Å². The highest BCUT2D eigenvalue weighted by atomic mass is 32.2. The van der Waals surface area contributed by atoms with Crippen molar-refractivity contribution in [2.75, 3.05) is 0 Å². The van der Waals surface area contributed by atoms with E-state index in [-0.39, 0.29) is 5.41 Å². The van der Waals surface area contributed by atoms with Gasteiger partial charge in [-0.15, -0.1) is 11.8 Å². The van der Waals surface area contributed by atoms with E-state index >= 15 is 0 Å². The van der Waals surface area contributed by atoms with Crippen LogP contribution in [-0.4, -0.2) is 11.3 Å². The Labute approximate surface area is 109 Å². The number of benzene rings is 1. The second-order valence-corrected chi connectivity index (χ2v) is 7.60. The fourth-order valence-electron chi connectivity index (χ4n) is 2.58. The van der Waals surface area contributed by atoms with Crippen molar-refractivity contribution >= 4 is 11.8 Å². The van der Waals surface area contributed by atoms with Crippen LogP contribution in [0.2, 0.25) is 0 Å². The van der Waals surface area contributed by atoms with E-state index in [0.29, 0.717) is 17.2 Å². The SMILES string of the molecule is CC(C)Sc1ccc(C2CC(N)C2(C)C)cc1. The first-order chi connectivity index (χ1) is 7.91. The summed E-state index contributed by atoms with van der Waals surface area (Å²) in [6, 6.07) is 9.42. The average molecular weight is 249 g/mol. The van der Waals surface area contributed by atoms with Gasteiger partial charge in [0.15, 0.2) is 0 Å². The number of hydrogen-bond donors (Lipinski definition) is 1. The second kappa shape index (κ2) is 4.66. The lowest BCUT2D eigenvalue weighted by molar-refractivity contribution is 0.0984. The van der Waals surface area contributed by atoms with Gasteiger partial charge in [-0.25, -0.2) is 0 Å². The summed E-state index contributed by atoms with van der Waals surface area (Å²) in [5.41, 5.74) is 7.78. The Morgan fingerprint density at radius 2 is 1.82 bits per heavy atom. The van der Waals surface area contributed by atoms with Crippen LogP contribution in [0.5, 0.6) is 0 Å². The van der Waals surface area contributed by atoms with Gasteiger partial charge in [0, 0.05) is 16.2 Å². The van der Waals surface area contributed by atoms with E-state index < -0.39 is 0 Å². The summed E-state index contributed by atoms with van der Waals surface area (Å²) in [5, 5.41) is 0.648. The molecule has 0 heterocycles. The fourth-order valence-corrected chi connectivity index (χ4v) is 3.41. The van der Waals surface area contributed by atoms with E-state index in [1.165, 1.54) is 10.5 Å². The number of rotatable bonds is 3. The molecule has 2 heteroatoms. The van der Waals surface area contributed by atoms with E-state index in [2.05, 4.69) is 52.0 Å². The van der Waals surface area contributed by atoms with Gasteiger partial charge in [0.2, 0.25) is 0 Å². The van der Waals surface area contributed by atoms with Gasteiger partial charge in [-0.3, -0.25) is 0 Å². The van der Waals surface area contributed by atoms with Crippen LogP contribution in [0.25, 0.3) is 0 Å². The van der Waals surface area contributed by atoms with Crippen LogP contribution in [0.4, 0.5) is 0 Å². The Bertz CT molecular complexity index is 380. The van der Waals surface area contributed by atoms with Gasteiger partial charge in [-0.1, -0.05) is 39.8 Å². The molecule has 94 valence electrons. The topological polar surface area (TPSA) is 26.0 Å². The summed E-state index contributed by atoms with van der Waals surface area (Å²) in [6.45, 7) is 9.02. The molecule has 2 N–H and O–H groups in total. The van der Waals surface area contributed by atoms with Crippen molar-refractivity contribution in [1.82, 2.24) is 0 Å². The molecule has 0 spiro atoms. The number of hydrogen-bond acceptors (Lipinski definition) is 2. The third-order valence-electron chi connectivity index (χ3n) is 4.00. The Hall–Kier alpha value is -0.470. The van der Waals surface area contributed by atoms with Gasteiger partial charge in [0.05, 0.1) is 0 Å². The molecule has 1 aliphatic carbocycles. The molecule has 0 radical (unpaired) electrons. The molecule has 0 aliphatic heterocycles. The molecule has 2 unspecified atom stereocenters. The standard InChI is InChI=1S/C15H23NS/c1-10(2)17-12-7-5-11(6-8-12)13-9-14(16)15(13,3)4/h5-8,10,13-14H,9,16H2,1-4H3. The van der Waals surface area contributed by atoms with E-state index in [9.17, 15) is 0 Å². The Kier molecular flexibility index (Phi) is 3.55. The van der Waals surface area contributed by atoms with Gasteiger partial charge in [-0.2, -0.15) is 0 Å². The highest BCUT2D eigenvalue weighted by Crippen LogP contribution is 2.51. The second-order valence-electron chi connectivity index (χ2n) is 5.95. The maximum atomic E-state index is 6.08. The van der Waals surface area contributed by atoms with Gasteiger partial charge in [0.25, 0.3) is 0 Å². The quantitative estimate of drug-likeness (QED) is 0.819. The van der Waals surface area contributed by atoms with E-state index in [4.69, 9.17) is 5.73 Å². The van der Waals surface area contributed by atoms with Gasteiger partial charge >= 0.3 is 0 Å². The lowest BCUT2D eigenvalue weighted by Gasteiger charge is -2.50. The van der Waals surface area contributed by atoms with Crippen LogP contribution < -0.4 is 5.73 Å². The summed E-state index contributed by atoms with van der Waals surface area (Å²) in [5.74, 6) is 0.635. The molecule has 0 amide bonds. The molecule has 1 fully saturated rings. The maximum absolute atomic E-state index is 6.08. The van der Waals surface area contributed by atoms with Crippen LogP contribution in [-0.2, 0) is 0 Å². The third kappa shape index (κ3) is 2.53. The fraction of sp³-hybridized carbons (Fsp3) is 0.600. The van der Waals surface area contributed by atoms with Crippen LogP contribution in [0, 0.1) is 5.41 Å². The van der Waals surface area contributed by atoms with E-state index in [1.54, 1.807) is 0 Å². The van der Waals surface area contributed by atoms with Gasteiger partial charge in [-0.05, 0) is 35.4 Å². The summed E-state index contributed by atoms with van der Waals surface area (Å²) < 4.78 is 0. The molecule has 1 aliphatic rings. The molecule has 1 aromatic carbocycles. The molecule has 2 atom stereocenters. The molecule has 1 nitrogen and oxygen atoms in total. The molecule has 2 rings (SSSR count). The zero-order valence-electron chi connectivity index (χ0n) is 11.2. The van der Waals surface area contributed by atoms with Crippen molar-refractivity contribution in [3.05, 3.63) is 29.8 Å². The first-order valence-electron chi connectivity index (χ1n) is 6.43. The predicted octanol–water partition coefficient (Wildman–Crippen LogP) is 4.03. The molecule has 17 heavy (non-hydrogen) atoms. The van der Waals surface area contributed by atoms with Crippen molar-refractivity contribution in [3.63, 3.8) is 0 Å². The third-order valence-corrected chi connectivity index (χ3v) is 5.01. The normalized spacial score (nSPS) is 26.9. The molecule has 0 saturated heterocycles. The highest BCUT2D eigenvalue weighted by Gasteiger charge is 2.46. The first-order valence-corrected chi connectivity index (χ1v) is 7.31. The van der Waals surface area contributed by atoms with Crippen LogP contribution in [0.3, 0.4) is 0 Å². The van der Waals surface area contributed by atoms with Crippen LogP contribution >= 0.6 is 11.8 Å². The van der Waals surface area contributed by atoms with Gasteiger partial charge < -0.3 is 5.73 Å². The molecular formula is C15H23NS. The minimum Gasteiger partial charge on any atom is -0.327 e. The summed E-state index contributed by atoms with van der Waals surface area (Å²) >= 11 is 1.92. The summed E-state index contributed by atoms with van der Waals surface area (Å²) in [6.07, 6.45) is 1.13. The van der Waals surface area contributed by atoms with E-state index in [0.717, 1.165) is 6.42 Å². The lowest BCUT2D eigenvalue weighted by atomic mass is 9.57. The monoisotopic (exact) mass is 249 g/mol. The highest BCUT2D eigenvalue weighted by molar-refractivity contribution is 7.99. The van der Waals surface area contributed by atoms with Crippen LogP contribution in [0.1, 0.15) is 45.6 Å². The van der Waals surface area contributed by atoms with Crippen molar-refractivity contribution < 1.29 is 0 Å². The lowest BCUT2D eigenvalue weighted by Crippen LogP contribution is -2.52. The molecule has 0 aromatic heterocycles. The Morgan fingerprint density at radius 1 is 1.24 bits per heavy atom. The zero-order chi connectivity index (χ0) is 12.6. The summed E-state index contributed by atoms with van der Waals surface area (Å²) in [4.78, 5) is 1.37. The molecule has 1 aromatic rings. The minimum atomic E-state index is 0.257. The van der Waals surface area contributed by atoms with Crippen molar-refractivity contribution in [1.29, 1.82) is 0 Å². The number of thioether (sulfide) groups is 1. The minimum absolute atomic E-state index is 0.257. The summed E-state index contributed by atoms with van der Waals surface area (Å²) in [7, 11) is 0. The zero-order valence-corrected chi connectivity index (χ0v) is 12.1. The molecular weight excluding hydrogens is 226 g/mol. The predicted molar refractivity (Wildman–Crippen MR) is 76.5 cm³/mol. The van der Waals surface area contributed by atoms with Crippen molar-refractivity contribution in [2.45, 2.75) is 56.2 Å². The Morgan fingerprint density at radius 3 is 2.24 bits per heavy atom. The van der Waals surface area contributed by atoms with Crippen LogP contribution in [0.15, 0.2) is 29.2 Å². The van der Waals surface area contributed by atoms with Crippen molar-refractivity contribution in [3.8, 4) is 0 Å². The number of nitrogens with two attached hydrogens (primary N) is 1. The maximum Gasteiger partial charge on any atom is 0.0102 e. The Balaban J connectivity index is 2.09. The smallest absolute Gasteiger partial charge is 0.0102 e. The largest absolute Gasteiger partial charge is 0.327 e. The van der Waals surface area contributed by atoms with Gasteiger partial charge in [0.1, 0.15) is 0 Å². The molecule has 0 bridgehead atoms. The average Bonchev–Trinajstić information content (AvgIpc) is 2.26. The molecule has 1 saturated carbocycles. The van der Waals surface area contributed by atoms with Crippen molar-refractivity contribution in [2.24, 2.45) is 11.1 Å². The first kappa shape index (κ1) is 13.0.